The number of benzene rings is 10. The minimum absolute atomic E-state index is 1.13. The van der Waals surface area contributed by atoms with Crippen LogP contribution in [0.3, 0.4) is 0 Å². The van der Waals surface area contributed by atoms with E-state index in [-0.39, 0.29) is 0 Å². The Hall–Kier alpha value is -7.42. The monoisotopic (exact) mass is 710 g/mol. The fourth-order valence-corrected chi connectivity index (χ4v) is 9.47. The molecule has 2 nitrogen and oxygen atoms in total. The normalized spacial score (nSPS) is 11.9. The lowest BCUT2D eigenvalue weighted by atomic mass is 9.90. The second-order valence-corrected chi connectivity index (χ2v) is 14.9. The van der Waals surface area contributed by atoms with Crippen molar-refractivity contribution in [3.63, 3.8) is 0 Å². The van der Waals surface area contributed by atoms with E-state index < -0.39 is 0 Å². The summed E-state index contributed by atoms with van der Waals surface area (Å²) < 4.78 is 4.99. The largest absolute Gasteiger partial charge is 0.307 e. The molecular formula is C54H34N2. The molecular weight excluding hydrogens is 677 g/mol. The SMILES string of the molecule is c1ccc(-c2c(-c3ccccc3)n(-c3ccccc3)c3c2ccc2c4ccccc4n(-c4ccc(-c5ccc6ccc7cccc8ccc5c6c78)cc4)c23)cc1. The topological polar surface area (TPSA) is 9.86 Å². The third kappa shape index (κ3) is 4.44. The van der Waals surface area contributed by atoms with Crippen molar-refractivity contribution >= 4 is 65.0 Å². The summed E-state index contributed by atoms with van der Waals surface area (Å²) in [5, 5.41) is 11.5. The van der Waals surface area contributed by atoms with Gasteiger partial charge in [0.2, 0.25) is 0 Å². The van der Waals surface area contributed by atoms with E-state index >= 15 is 0 Å². The molecule has 0 spiro atoms. The van der Waals surface area contributed by atoms with Crippen LogP contribution in [0.4, 0.5) is 0 Å². The van der Waals surface area contributed by atoms with Gasteiger partial charge in [-0.3, -0.25) is 0 Å². The molecule has 2 aromatic heterocycles. The summed E-state index contributed by atoms with van der Waals surface area (Å²) in [6.07, 6.45) is 0. The maximum atomic E-state index is 2.50. The van der Waals surface area contributed by atoms with Gasteiger partial charge in [-0.15, -0.1) is 0 Å². The summed E-state index contributed by atoms with van der Waals surface area (Å²) in [4.78, 5) is 0. The van der Waals surface area contributed by atoms with Crippen LogP contribution in [0.25, 0.3) is 110 Å². The Morgan fingerprint density at radius 2 is 0.839 bits per heavy atom. The summed E-state index contributed by atoms with van der Waals surface area (Å²) in [7, 11) is 0. The third-order valence-corrected chi connectivity index (χ3v) is 11.9. The molecule has 0 saturated heterocycles. The first-order chi connectivity index (χ1) is 27.8. The highest BCUT2D eigenvalue weighted by atomic mass is 15.1. The molecule has 12 rings (SSSR count). The van der Waals surface area contributed by atoms with Crippen LogP contribution in [-0.4, -0.2) is 9.13 Å². The fraction of sp³-hybridized carbons (Fsp3) is 0. The van der Waals surface area contributed by atoms with Gasteiger partial charge >= 0.3 is 0 Å². The van der Waals surface area contributed by atoms with Crippen LogP contribution in [0.5, 0.6) is 0 Å². The molecule has 0 bridgehead atoms. The molecule has 0 N–H and O–H groups in total. The zero-order valence-electron chi connectivity index (χ0n) is 30.5. The van der Waals surface area contributed by atoms with E-state index in [1.165, 1.54) is 98.5 Å². The minimum Gasteiger partial charge on any atom is -0.307 e. The first-order valence-corrected chi connectivity index (χ1v) is 19.4. The molecule has 2 heterocycles. The van der Waals surface area contributed by atoms with E-state index in [9.17, 15) is 0 Å². The molecule has 0 aliphatic rings. The molecule has 0 aliphatic carbocycles. The van der Waals surface area contributed by atoms with Crippen molar-refractivity contribution < 1.29 is 0 Å². The van der Waals surface area contributed by atoms with Crippen molar-refractivity contribution in [1.82, 2.24) is 9.13 Å². The summed E-state index contributed by atoms with van der Waals surface area (Å²) >= 11 is 0. The maximum Gasteiger partial charge on any atom is 0.0789 e. The second-order valence-electron chi connectivity index (χ2n) is 14.9. The van der Waals surface area contributed by atoms with Crippen LogP contribution in [-0.2, 0) is 0 Å². The van der Waals surface area contributed by atoms with Gasteiger partial charge in [0.15, 0.2) is 0 Å². The Morgan fingerprint density at radius 1 is 0.286 bits per heavy atom. The first-order valence-electron chi connectivity index (χ1n) is 19.4. The van der Waals surface area contributed by atoms with Gasteiger partial charge in [-0.25, -0.2) is 0 Å². The Labute approximate surface area is 324 Å². The number of nitrogens with zero attached hydrogens (tertiary/aromatic N) is 2. The lowest BCUT2D eigenvalue weighted by molar-refractivity contribution is 1.12. The molecule has 56 heavy (non-hydrogen) atoms. The molecule has 2 heteroatoms. The van der Waals surface area contributed by atoms with Crippen LogP contribution in [0.15, 0.2) is 206 Å². The van der Waals surface area contributed by atoms with Crippen LogP contribution in [0, 0.1) is 0 Å². The Balaban J connectivity index is 1.16. The Morgan fingerprint density at radius 3 is 1.59 bits per heavy atom. The molecule has 0 fully saturated rings. The Kier molecular flexibility index (Phi) is 6.66. The molecule has 10 aromatic carbocycles. The maximum absolute atomic E-state index is 2.50. The predicted molar refractivity (Wildman–Crippen MR) is 238 cm³/mol. The predicted octanol–water partition coefficient (Wildman–Crippen LogP) is 14.6. The van der Waals surface area contributed by atoms with Gasteiger partial charge in [0.05, 0.1) is 22.2 Å². The molecule has 0 saturated carbocycles. The number of hydrogen-bond donors (Lipinski definition) is 0. The molecule has 12 aromatic rings. The lowest BCUT2D eigenvalue weighted by Gasteiger charge is -2.16. The average Bonchev–Trinajstić information content (AvgIpc) is 3.80. The third-order valence-electron chi connectivity index (χ3n) is 11.9. The summed E-state index contributed by atoms with van der Waals surface area (Å²) in [5.41, 5.74) is 13.1. The second kappa shape index (κ2) is 12.0. The highest BCUT2D eigenvalue weighted by Crippen LogP contribution is 2.47. The zero-order chi connectivity index (χ0) is 36.7. The van der Waals surface area contributed by atoms with Crippen molar-refractivity contribution in [1.29, 1.82) is 0 Å². The molecule has 0 unspecified atom stereocenters. The molecule has 0 amide bonds. The van der Waals surface area contributed by atoms with Crippen molar-refractivity contribution in [3.05, 3.63) is 206 Å². The highest BCUT2D eigenvalue weighted by Gasteiger charge is 2.26. The van der Waals surface area contributed by atoms with Crippen LogP contribution >= 0.6 is 0 Å². The van der Waals surface area contributed by atoms with Gasteiger partial charge in [0.1, 0.15) is 0 Å². The summed E-state index contributed by atoms with van der Waals surface area (Å²) in [5.74, 6) is 0. The van der Waals surface area contributed by atoms with Crippen molar-refractivity contribution in [2.45, 2.75) is 0 Å². The first kappa shape index (κ1) is 31.0. The molecule has 260 valence electrons. The van der Waals surface area contributed by atoms with Crippen LogP contribution < -0.4 is 0 Å². The quantitative estimate of drug-likeness (QED) is 0.157. The molecule has 0 aliphatic heterocycles. The van der Waals surface area contributed by atoms with Gasteiger partial charge in [-0.05, 0) is 84.9 Å². The summed E-state index contributed by atoms with van der Waals surface area (Å²) in [6, 6.07) is 75.7. The highest BCUT2D eigenvalue weighted by molar-refractivity contribution is 6.26. The van der Waals surface area contributed by atoms with Crippen LogP contribution in [0.1, 0.15) is 0 Å². The van der Waals surface area contributed by atoms with Gasteiger partial charge in [-0.2, -0.15) is 0 Å². The minimum atomic E-state index is 1.13. The van der Waals surface area contributed by atoms with Crippen LogP contribution in [0.2, 0.25) is 0 Å². The van der Waals surface area contributed by atoms with E-state index in [0.717, 1.165) is 11.4 Å². The Bertz CT molecular complexity index is 3410. The van der Waals surface area contributed by atoms with E-state index in [4.69, 9.17) is 0 Å². The molecule has 0 radical (unpaired) electrons. The summed E-state index contributed by atoms with van der Waals surface area (Å²) in [6.45, 7) is 0. The number of hydrogen-bond acceptors (Lipinski definition) is 0. The van der Waals surface area contributed by atoms with Gasteiger partial charge in [0, 0.05) is 33.1 Å². The van der Waals surface area contributed by atoms with E-state index in [2.05, 4.69) is 215 Å². The van der Waals surface area contributed by atoms with Crippen molar-refractivity contribution in [3.8, 4) is 44.9 Å². The number of fused-ring (bicyclic) bond motifs is 5. The van der Waals surface area contributed by atoms with E-state index in [1.54, 1.807) is 0 Å². The zero-order valence-corrected chi connectivity index (χ0v) is 30.5. The molecule has 0 atom stereocenters. The number of rotatable bonds is 5. The van der Waals surface area contributed by atoms with E-state index in [0.29, 0.717) is 0 Å². The lowest BCUT2D eigenvalue weighted by Crippen LogP contribution is -2.00. The fourth-order valence-electron chi connectivity index (χ4n) is 9.47. The van der Waals surface area contributed by atoms with E-state index in [1.807, 2.05) is 0 Å². The van der Waals surface area contributed by atoms with Crippen molar-refractivity contribution in [2.75, 3.05) is 0 Å². The van der Waals surface area contributed by atoms with Gasteiger partial charge in [0.25, 0.3) is 0 Å². The van der Waals surface area contributed by atoms with Gasteiger partial charge in [-0.1, -0.05) is 176 Å². The standard InChI is InChI=1S/C54H34N2/c1-4-13-36(14-5-1)51-47-34-33-46-44-21-10-11-22-48(44)55(53(46)54(47)56(41-19-8-3-9-20-41)52(51)40-15-6-2-7-16-40)42-29-25-35(26-30-42)43-31-27-39-24-23-37-17-12-18-38-28-32-45(43)50(39)49(37)38/h1-34H. The number of para-hydroxylation sites is 2. The average molecular weight is 711 g/mol. The van der Waals surface area contributed by atoms with Gasteiger partial charge < -0.3 is 9.13 Å². The number of aromatic nitrogens is 2. The smallest absolute Gasteiger partial charge is 0.0789 e. The van der Waals surface area contributed by atoms with Crippen molar-refractivity contribution in [2.24, 2.45) is 0 Å².